The molecule has 0 bridgehead atoms. The van der Waals surface area contributed by atoms with Gasteiger partial charge in [-0.2, -0.15) is 0 Å². The van der Waals surface area contributed by atoms with E-state index in [1.807, 2.05) is 48.5 Å². The zero-order valence-electron chi connectivity index (χ0n) is 19.0. The van der Waals surface area contributed by atoms with Gasteiger partial charge in [0, 0.05) is 23.4 Å². The maximum absolute atomic E-state index is 12.6. The summed E-state index contributed by atoms with van der Waals surface area (Å²) in [6.45, 7) is 6.36. The molecule has 3 N–H and O–H groups in total. The zero-order valence-corrected chi connectivity index (χ0v) is 19.0. The predicted molar refractivity (Wildman–Crippen MR) is 130 cm³/mol. The van der Waals surface area contributed by atoms with Gasteiger partial charge >= 0.3 is 17.8 Å². The Kier molecular flexibility index (Phi) is 7.28. The second kappa shape index (κ2) is 10.1. The van der Waals surface area contributed by atoms with Crippen LogP contribution in [0.1, 0.15) is 38.3 Å². The van der Waals surface area contributed by atoms with Crippen LogP contribution >= 0.6 is 0 Å². The van der Waals surface area contributed by atoms with Gasteiger partial charge in [-0.3, -0.25) is 14.4 Å². The monoisotopic (exact) mass is 444 g/mol. The molecule has 0 saturated heterocycles. The summed E-state index contributed by atoms with van der Waals surface area (Å²) >= 11 is 0. The molecule has 33 heavy (non-hydrogen) atoms. The Balaban J connectivity index is 1.75. The molecule has 0 heterocycles. The number of rotatable bonds is 6. The van der Waals surface area contributed by atoms with E-state index < -0.39 is 17.8 Å². The summed E-state index contributed by atoms with van der Waals surface area (Å²) in [4.78, 5) is 35.8. The van der Waals surface area contributed by atoms with Crippen LogP contribution in [-0.4, -0.2) is 22.9 Å². The first kappa shape index (κ1) is 23.7. The molecule has 3 aromatic carbocycles. The van der Waals surface area contributed by atoms with Crippen molar-refractivity contribution in [2.75, 3.05) is 10.6 Å². The summed E-state index contributed by atoms with van der Waals surface area (Å²) in [6.07, 6.45) is 0.433. The van der Waals surface area contributed by atoms with E-state index in [1.165, 1.54) is 0 Å². The Morgan fingerprint density at radius 2 is 1.45 bits per heavy atom. The number of carboxylic acids is 1. The zero-order chi connectivity index (χ0) is 24.0. The molecule has 170 valence electrons. The third-order valence-electron chi connectivity index (χ3n) is 5.26. The van der Waals surface area contributed by atoms with Crippen molar-refractivity contribution < 1.29 is 19.5 Å². The summed E-state index contributed by atoms with van der Waals surface area (Å²) in [5.41, 5.74) is 4.68. The molecule has 0 aliphatic heterocycles. The van der Waals surface area contributed by atoms with E-state index in [2.05, 4.69) is 31.4 Å². The van der Waals surface area contributed by atoms with E-state index in [4.69, 9.17) is 5.11 Å². The fourth-order valence-corrected chi connectivity index (χ4v) is 3.35. The number of carbonyl (C=O) groups excluding carboxylic acids is 2. The predicted octanol–water partition coefficient (Wildman–Crippen LogP) is 5.25. The normalized spacial score (nSPS) is 11.0. The molecule has 0 aliphatic rings. The van der Waals surface area contributed by atoms with Crippen molar-refractivity contribution in [3.8, 4) is 11.1 Å². The minimum Gasteiger partial charge on any atom is -0.481 e. The number of benzene rings is 3. The van der Waals surface area contributed by atoms with Gasteiger partial charge in [-0.25, -0.2) is 0 Å². The highest BCUT2D eigenvalue weighted by Gasteiger charge is 2.19. The molecule has 6 nitrogen and oxygen atoms in total. The highest BCUT2D eigenvalue weighted by Crippen LogP contribution is 2.33. The third kappa shape index (κ3) is 6.53. The van der Waals surface area contributed by atoms with Gasteiger partial charge < -0.3 is 15.7 Å². The highest BCUT2D eigenvalue weighted by atomic mass is 16.4. The first-order valence-electron chi connectivity index (χ1n) is 10.8. The van der Waals surface area contributed by atoms with Crippen molar-refractivity contribution in [3.05, 3.63) is 83.9 Å². The number of carbonyl (C=O) groups is 3. The number of aliphatic carboxylic acids is 1. The van der Waals surface area contributed by atoms with Gasteiger partial charge in [0.1, 0.15) is 0 Å². The summed E-state index contributed by atoms with van der Waals surface area (Å²) < 4.78 is 0. The summed E-state index contributed by atoms with van der Waals surface area (Å²) in [7, 11) is 0. The van der Waals surface area contributed by atoms with Gasteiger partial charge in [-0.05, 0) is 52.8 Å². The molecule has 0 aromatic heterocycles. The van der Waals surface area contributed by atoms with E-state index >= 15 is 0 Å². The average molecular weight is 445 g/mol. The number of carboxylic acid groups (broad SMARTS) is 1. The molecule has 0 fully saturated rings. The minimum absolute atomic E-state index is 0.0336. The van der Waals surface area contributed by atoms with Crippen molar-refractivity contribution in [2.24, 2.45) is 0 Å². The molecule has 0 unspecified atom stereocenters. The summed E-state index contributed by atoms with van der Waals surface area (Å²) in [5.74, 6) is -2.42. The fourth-order valence-electron chi connectivity index (χ4n) is 3.35. The maximum atomic E-state index is 12.6. The second-order valence-electron chi connectivity index (χ2n) is 8.88. The molecule has 2 amide bonds. The lowest BCUT2D eigenvalue weighted by atomic mass is 9.85. The molecule has 0 saturated carbocycles. The number of hydrogen-bond acceptors (Lipinski definition) is 3. The number of anilines is 2. The second-order valence-corrected chi connectivity index (χ2v) is 8.88. The van der Waals surface area contributed by atoms with E-state index in [0.29, 0.717) is 17.8 Å². The lowest BCUT2D eigenvalue weighted by Crippen LogP contribution is -2.29. The Morgan fingerprint density at radius 1 is 0.818 bits per heavy atom. The van der Waals surface area contributed by atoms with Crippen LogP contribution in [0.2, 0.25) is 0 Å². The maximum Gasteiger partial charge on any atom is 0.314 e. The van der Waals surface area contributed by atoms with Crippen LogP contribution < -0.4 is 10.6 Å². The number of amides is 2. The lowest BCUT2D eigenvalue weighted by molar-refractivity contribution is -0.137. The third-order valence-corrected chi connectivity index (χ3v) is 5.26. The molecule has 0 atom stereocenters. The largest absolute Gasteiger partial charge is 0.481 e. The van der Waals surface area contributed by atoms with Gasteiger partial charge in [0.15, 0.2) is 0 Å². The van der Waals surface area contributed by atoms with Crippen molar-refractivity contribution >= 4 is 29.2 Å². The number of aryl methyl sites for hydroxylation is 1. The Hall–Kier alpha value is -3.93. The van der Waals surface area contributed by atoms with Crippen LogP contribution in [0.3, 0.4) is 0 Å². The number of nitrogens with one attached hydrogen (secondary N) is 2. The molecule has 0 spiro atoms. The van der Waals surface area contributed by atoms with Crippen LogP contribution in [0.4, 0.5) is 11.4 Å². The Labute approximate surface area is 193 Å². The van der Waals surface area contributed by atoms with Gasteiger partial charge in [-0.1, -0.05) is 69.3 Å². The van der Waals surface area contributed by atoms with Crippen molar-refractivity contribution in [2.45, 2.75) is 39.0 Å². The molecule has 6 heteroatoms. The molecular formula is C27H28N2O4. The molecule has 0 aliphatic carbocycles. The van der Waals surface area contributed by atoms with Crippen LogP contribution in [0.15, 0.2) is 72.8 Å². The first-order chi connectivity index (χ1) is 15.6. The van der Waals surface area contributed by atoms with Crippen LogP contribution in [0.25, 0.3) is 11.1 Å². The Morgan fingerprint density at radius 3 is 2.06 bits per heavy atom. The fraction of sp³-hybridized carbons (Fsp3) is 0.222. The topological polar surface area (TPSA) is 95.5 Å². The van der Waals surface area contributed by atoms with Crippen molar-refractivity contribution in [1.29, 1.82) is 0 Å². The summed E-state index contributed by atoms with van der Waals surface area (Å²) in [6, 6.07) is 22.3. The first-order valence-corrected chi connectivity index (χ1v) is 10.8. The van der Waals surface area contributed by atoms with E-state index in [-0.39, 0.29) is 11.8 Å². The SMILES string of the molecule is CC(C)(C)c1ccc(NC(=O)C(=O)Nc2ccc(CCC(=O)O)cc2)c(-c2ccccc2)c1. The smallest absolute Gasteiger partial charge is 0.314 e. The van der Waals surface area contributed by atoms with Crippen molar-refractivity contribution in [1.82, 2.24) is 0 Å². The van der Waals surface area contributed by atoms with Crippen LogP contribution in [-0.2, 0) is 26.2 Å². The Bertz CT molecular complexity index is 1150. The molecule has 0 radical (unpaired) electrons. The molecule has 3 aromatic rings. The number of hydrogen-bond donors (Lipinski definition) is 3. The van der Waals surface area contributed by atoms with E-state index in [9.17, 15) is 14.4 Å². The van der Waals surface area contributed by atoms with Crippen LogP contribution in [0.5, 0.6) is 0 Å². The standard InChI is InChI=1S/C27H28N2O4/c1-27(2,3)20-12-15-23(22(17-20)19-7-5-4-6-8-19)29-26(33)25(32)28-21-13-9-18(10-14-21)11-16-24(30)31/h4-10,12-15,17H,11,16H2,1-3H3,(H,28,32)(H,29,33)(H,30,31). The van der Waals surface area contributed by atoms with Crippen molar-refractivity contribution in [3.63, 3.8) is 0 Å². The quantitative estimate of drug-likeness (QED) is 0.453. The molecular weight excluding hydrogens is 416 g/mol. The lowest BCUT2D eigenvalue weighted by Gasteiger charge is -2.22. The van der Waals surface area contributed by atoms with Gasteiger partial charge in [0.2, 0.25) is 0 Å². The van der Waals surface area contributed by atoms with Gasteiger partial charge in [0.05, 0.1) is 0 Å². The molecule has 3 rings (SSSR count). The average Bonchev–Trinajstić information content (AvgIpc) is 2.78. The van der Waals surface area contributed by atoms with Gasteiger partial charge in [-0.15, -0.1) is 0 Å². The highest BCUT2D eigenvalue weighted by molar-refractivity contribution is 6.43. The van der Waals surface area contributed by atoms with Gasteiger partial charge in [0.25, 0.3) is 0 Å². The van der Waals surface area contributed by atoms with E-state index in [1.54, 1.807) is 24.3 Å². The van der Waals surface area contributed by atoms with Crippen LogP contribution in [0, 0.1) is 0 Å². The van der Waals surface area contributed by atoms with E-state index in [0.717, 1.165) is 22.3 Å². The summed E-state index contributed by atoms with van der Waals surface area (Å²) in [5, 5.41) is 14.1. The minimum atomic E-state index is -0.866.